The molecule has 2 aromatic heterocycles. The van der Waals surface area contributed by atoms with E-state index >= 15 is 0 Å². The highest BCUT2D eigenvalue weighted by Gasteiger charge is 2.57. The zero-order valence-electron chi connectivity index (χ0n) is 20.2. The van der Waals surface area contributed by atoms with Gasteiger partial charge in [-0.3, -0.25) is 33.9 Å². The highest BCUT2D eigenvalue weighted by Crippen LogP contribution is 2.54. The standard InChI is InChI=1S/C26H17FN4O6S3/c27-13-3-5-14(6-4-13)28-18(32)12-29-25-22(40-26(29)35)19(17-2-1-11-38-17)20-21(39-25)24(34)30(23(20)33)15-7-9-16(10-8-15)31(36)37/h1-11,19-21H,12H2,(H,28,32)/t19-,20+,21-/m0/s1. The molecule has 10 nitrogen and oxygen atoms in total. The number of thiazole rings is 1. The minimum Gasteiger partial charge on any atom is -0.325 e. The predicted molar refractivity (Wildman–Crippen MR) is 148 cm³/mol. The number of thioether (sulfide) groups is 1. The highest BCUT2D eigenvalue weighted by molar-refractivity contribution is 8.00. The molecular formula is C26H17FN4O6S3. The molecule has 14 heteroatoms. The number of non-ortho nitro benzene ring substituents is 1. The fourth-order valence-corrected chi connectivity index (χ4v) is 8.61. The van der Waals surface area contributed by atoms with Crippen molar-refractivity contribution in [3.63, 3.8) is 0 Å². The first-order valence-electron chi connectivity index (χ1n) is 11.8. The summed E-state index contributed by atoms with van der Waals surface area (Å²) in [5.74, 6) is -3.31. The Morgan fingerprint density at radius 1 is 1.02 bits per heavy atom. The molecule has 2 aromatic carbocycles. The molecule has 0 radical (unpaired) electrons. The summed E-state index contributed by atoms with van der Waals surface area (Å²) in [6.45, 7) is -0.336. The molecule has 4 aromatic rings. The maximum atomic E-state index is 13.8. The third kappa shape index (κ3) is 4.43. The number of nitrogens with one attached hydrogen (secondary N) is 1. The summed E-state index contributed by atoms with van der Waals surface area (Å²) in [6.07, 6.45) is 0. The molecule has 0 unspecified atom stereocenters. The second kappa shape index (κ2) is 10.1. The smallest absolute Gasteiger partial charge is 0.308 e. The number of rotatable bonds is 6. The minimum absolute atomic E-state index is 0.170. The van der Waals surface area contributed by atoms with Gasteiger partial charge in [-0.15, -0.1) is 11.3 Å². The van der Waals surface area contributed by atoms with E-state index in [1.165, 1.54) is 64.4 Å². The van der Waals surface area contributed by atoms with E-state index in [0.717, 1.165) is 32.9 Å². The molecule has 0 spiro atoms. The van der Waals surface area contributed by atoms with Crippen molar-refractivity contribution in [2.75, 3.05) is 10.2 Å². The van der Waals surface area contributed by atoms with Crippen LogP contribution in [0, 0.1) is 21.8 Å². The van der Waals surface area contributed by atoms with Crippen LogP contribution in [-0.2, 0) is 20.9 Å². The number of hydrogen-bond acceptors (Lipinski definition) is 9. The summed E-state index contributed by atoms with van der Waals surface area (Å²) in [5.41, 5.74) is 0.416. The topological polar surface area (TPSA) is 132 Å². The van der Waals surface area contributed by atoms with Crippen molar-refractivity contribution < 1.29 is 23.7 Å². The third-order valence-electron chi connectivity index (χ3n) is 6.65. The molecule has 1 saturated heterocycles. The lowest BCUT2D eigenvalue weighted by Gasteiger charge is -2.29. The van der Waals surface area contributed by atoms with E-state index < -0.39 is 50.4 Å². The molecule has 202 valence electrons. The average molecular weight is 597 g/mol. The molecular weight excluding hydrogens is 580 g/mol. The van der Waals surface area contributed by atoms with Gasteiger partial charge in [0.2, 0.25) is 17.7 Å². The van der Waals surface area contributed by atoms with Gasteiger partial charge in [-0.1, -0.05) is 29.2 Å². The summed E-state index contributed by atoms with van der Waals surface area (Å²) in [6, 6.07) is 14.1. The molecule has 6 rings (SSSR count). The predicted octanol–water partition coefficient (Wildman–Crippen LogP) is 4.45. The Kier molecular flexibility index (Phi) is 6.60. The lowest BCUT2D eigenvalue weighted by Crippen LogP contribution is -2.32. The van der Waals surface area contributed by atoms with Crippen molar-refractivity contribution >= 4 is 69.2 Å². The SMILES string of the molecule is O=C(Cn1c2c(sc1=O)[C@@H](c1cccs1)[C@H]1C(=O)N(c3ccc([N+](=O)[O-])cc3)C(=O)[C@H]1S2)Nc1ccc(F)cc1. The number of nitro groups is 1. The lowest BCUT2D eigenvalue weighted by molar-refractivity contribution is -0.384. The molecule has 3 amide bonds. The summed E-state index contributed by atoms with van der Waals surface area (Å²) in [7, 11) is 0. The Hall–Kier alpha value is -4.14. The van der Waals surface area contributed by atoms with Crippen LogP contribution in [0.4, 0.5) is 21.5 Å². The molecule has 40 heavy (non-hydrogen) atoms. The number of nitro benzene ring substituents is 1. The molecule has 1 N–H and O–H groups in total. The van der Waals surface area contributed by atoms with E-state index in [0.29, 0.717) is 15.6 Å². The number of benzene rings is 2. The van der Waals surface area contributed by atoms with Crippen molar-refractivity contribution in [2.45, 2.75) is 22.7 Å². The maximum Gasteiger partial charge on any atom is 0.308 e. The van der Waals surface area contributed by atoms with E-state index in [1.54, 1.807) is 0 Å². The summed E-state index contributed by atoms with van der Waals surface area (Å²) >= 11 is 3.41. The zero-order valence-corrected chi connectivity index (χ0v) is 22.6. The number of anilines is 2. The maximum absolute atomic E-state index is 13.8. The molecule has 2 aliphatic heterocycles. The van der Waals surface area contributed by atoms with Crippen LogP contribution < -0.4 is 15.1 Å². The van der Waals surface area contributed by atoms with Gasteiger partial charge in [-0.25, -0.2) is 9.29 Å². The van der Waals surface area contributed by atoms with Crippen LogP contribution in [0.15, 0.2) is 75.9 Å². The van der Waals surface area contributed by atoms with E-state index in [-0.39, 0.29) is 17.9 Å². The third-order valence-corrected chi connectivity index (χ3v) is 10.2. The molecule has 4 heterocycles. The van der Waals surface area contributed by atoms with Crippen molar-refractivity contribution in [3.05, 3.63) is 101 Å². The van der Waals surface area contributed by atoms with Gasteiger partial charge >= 0.3 is 4.87 Å². The summed E-state index contributed by atoms with van der Waals surface area (Å²) < 4.78 is 14.5. The van der Waals surface area contributed by atoms with Gasteiger partial charge in [0.05, 0.1) is 21.6 Å². The van der Waals surface area contributed by atoms with Gasteiger partial charge in [-0.2, -0.15) is 0 Å². The van der Waals surface area contributed by atoms with Crippen LogP contribution >= 0.6 is 34.4 Å². The molecule has 0 saturated carbocycles. The number of imide groups is 1. The number of amides is 3. The number of carbonyl (C=O) groups excluding carboxylic acids is 3. The van der Waals surface area contributed by atoms with Crippen molar-refractivity contribution in [1.29, 1.82) is 0 Å². The number of halogens is 1. The highest BCUT2D eigenvalue weighted by atomic mass is 32.2. The number of thiophene rings is 1. The van der Waals surface area contributed by atoms with Crippen LogP contribution in [0.5, 0.6) is 0 Å². The molecule has 0 bridgehead atoms. The van der Waals surface area contributed by atoms with Crippen LogP contribution in [0.3, 0.4) is 0 Å². The first-order valence-corrected chi connectivity index (χ1v) is 14.4. The van der Waals surface area contributed by atoms with E-state index in [1.807, 2.05) is 17.5 Å². The number of hydrogen-bond donors (Lipinski definition) is 1. The Balaban J connectivity index is 1.36. The van der Waals surface area contributed by atoms with Crippen LogP contribution in [0.2, 0.25) is 0 Å². The Bertz CT molecular complexity index is 1720. The van der Waals surface area contributed by atoms with Crippen LogP contribution in [-0.4, -0.2) is 32.5 Å². The number of carbonyl (C=O) groups is 3. The van der Waals surface area contributed by atoms with Gasteiger partial charge in [0.15, 0.2) is 0 Å². The second-order valence-corrected chi connectivity index (χ2v) is 12.1. The molecule has 0 aliphatic carbocycles. The fourth-order valence-electron chi connectivity index (χ4n) is 4.89. The van der Waals surface area contributed by atoms with E-state index in [9.17, 15) is 33.7 Å². The minimum atomic E-state index is -0.872. The normalized spacial score (nSPS) is 19.8. The first-order chi connectivity index (χ1) is 19.2. The second-order valence-electron chi connectivity index (χ2n) is 9.02. The van der Waals surface area contributed by atoms with Crippen LogP contribution in [0.1, 0.15) is 15.7 Å². The lowest BCUT2D eigenvalue weighted by atomic mass is 9.87. The number of nitrogens with zero attached hydrogens (tertiary/aromatic N) is 3. The largest absolute Gasteiger partial charge is 0.325 e. The van der Waals surface area contributed by atoms with E-state index in [2.05, 4.69) is 5.32 Å². The quantitative estimate of drug-likeness (QED) is 0.198. The summed E-state index contributed by atoms with van der Waals surface area (Å²) in [4.78, 5) is 65.9. The van der Waals surface area contributed by atoms with Crippen LogP contribution in [0.25, 0.3) is 0 Å². The monoisotopic (exact) mass is 596 g/mol. The van der Waals surface area contributed by atoms with Crippen molar-refractivity contribution in [3.8, 4) is 0 Å². The van der Waals surface area contributed by atoms with Gasteiger partial charge in [0.1, 0.15) is 17.6 Å². The van der Waals surface area contributed by atoms with Gasteiger partial charge in [-0.05, 0) is 47.8 Å². The molecule has 3 atom stereocenters. The van der Waals surface area contributed by atoms with Crippen molar-refractivity contribution in [1.82, 2.24) is 4.57 Å². The zero-order chi connectivity index (χ0) is 28.1. The Morgan fingerprint density at radius 3 is 2.40 bits per heavy atom. The Labute approximate surface area is 237 Å². The van der Waals surface area contributed by atoms with E-state index in [4.69, 9.17) is 0 Å². The van der Waals surface area contributed by atoms with Gasteiger partial charge in [0, 0.05) is 33.5 Å². The first kappa shape index (κ1) is 26.1. The average Bonchev–Trinajstić information content (AvgIpc) is 3.63. The number of fused-ring (bicyclic) bond motifs is 2. The Morgan fingerprint density at radius 2 is 1.75 bits per heavy atom. The number of aromatic nitrogens is 1. The molecule has 1 fully saturated rings. The van der Waals surface area contributed by atoms with Gasteiger partial charge in [0.25, 0.3) is 5.69 Å². The van der Waals surface area contributed by atoms with Gasteiger partial charge < -0.3 is 5.32 Å². The van der Waals surface area contributed by atoms with Crippen molar-refractivity contribution in [2.24, 2.45) is 5.92 Å². The fraction of sp³-hybridized carbons (Fsp3) is 0.154. The molecule has 2 aliphatic rings. The summed E-state index contributed by atoms with van der Waals surface area (Å²) in [5, 5.41) is 15.1.